The molecule has 19 heavy (non-hydrogen) atoms. The van der Waals surface area contributed by atoms with Crippen LogP contribution in [0, 0.1) is 0 Å². The summed E-state index contributed by atoms with van der Waals surface area (Å²) in [5.74, 6) is -0.369. The van der Waals surface area contributed by atoms with Crippen molar-refractivity contribution in [3.63, 3.8) is 0 Å². The van der Waals surface area contributed by atoms with Crippen molar-refractivity contribution in [2.24, 2.45) is 0 Å². The molecule has 0 heterocycles. The van der Waals surface area contributed by atoms with Crippen LogP contribution in [0.15, 0.2) is 42.5 Å². The summed E-state index contributed by atoms with van der Waals surface area (Å²) < 4.78 is 4.53. The SMILES string of the molecule is COC(=O)C[C@@H](O)CCc1ccc2ccccc2c1. The van der Waals surface area contributed by atoms with E-state index in [0.29, 0.717) is 6.42 Å². The lowest BCUT2D eigenvalue weighted by Gasteiger charge is -2.09. The van der Waals surface area contributed by atoms with Gasteiger partial charge in [-0.15, -0.1) is 0 Å². The van der Waals surface area contributed by atoms with Crippen LogP contribution in [0.3, 0.4) is 0 Å². The van der Waals surface area contributed by atoms with Crippen molar-refractivity contribution in [2.45, 2.75) is 25.4 Å². The predicted octanol–water partition coefficient (Wildman–Crippen LogP) is 2.70. The van der Waals surface area contributed by atoms with E-state index in [1.807, 2.05) is 12.1 Å². The number of ether oxygens (including phenoxy) is 1. The van der Waals surface area contributed by atoms with Crippen molar-refractivity contribution in [2.75, 3.05) is 7.11 Å². The van der Waals surface area contributed by atoms with Crippen LogP contribution in [-0.4, -0.2) is 24.3 Å². The van der Waals surface area contributed by atoms with Crippen molar-refractivity contribution in [3.05, 3.63) is 48.0 Å². The monoisotopic (exact) mass is 258 g/mol. The quantitative estimate of drug-likeness (QED) is 0.839. The Kier molecular flexibility index (Phi) is 4.53. The van der Waals surface area contributed by atoms with Crippen LogP contribution in [0.2, 0.25) is 0 Å². The number of hydrogen-bond donors (Lipinski definition) is 1. The molecule has 0 unspecified atom stereocenters. The topological polar surface area (TPSA) is 46.5 Å². The summed E-state index contributed by atoms with van der Waals surface area (Å²) in [7, 11) is 1.33. The second-order valence-corrected chi connectivity index (χ2v) is 4.65. The highest BCUT2D eigenvalue weighted by Gasteiger charge is 2.10. The van der Waals surface area contributed by atoms with Crippen LogP contribution >= 0.6 is 0 Å². The second-order valence-electron chi connectivity index (χ2n) is 4.65. The molecule has 3 heteroatoms. The Morgan fingerprint density at radius 2 is 1.95 bits per heavy atom. The summed E-state index contributed by atoms with van der Waals surface area (Å²) in [4.78, 5) is 11.0. The molecule has 0 amide bonds. The zero-order valence-electron chi connectivity index (χ0n) is 11.0. The van der Waals surface area contributed by atoms with Gasteiger partial charge in [0.25, 0.3) is 0 Å². The smallest absolute Gasteiger partial charge is 0.308 e. The number of aliphatic hydroxyl groups is 1. The maximum Gasteiger partial charge on any atom is 0.308 e. The molecule has 1 N–H and O–H groups in total. The Morgan fingerprint density at radius 1 is 1.21 bits per heavy atom. The molecule has 2 aromatic carbocycles. The largest absolute Gasteiger partial charge is 0.469 e. The molecule has 1 atom stereocenters. The average molecular weight is 258 g/mol. The van der Waals surface area contributed by atoms with Gasteiger partial charge in [-0.1, -0.05) is 42.5 Å². The summed E-state index contributed by atoms with van der Waals surface area (Å²) in [5.41, 5.74) is 1.17. The summed E-state index contributed by atoms with van der Waals surface area (Å²) in [6.07, 6.45) is 0.736. The third-order valence-corrected chi connectivity index (χ3v) is 3.21. The summed E-state index contributed by atoms with van der Waals surface area (Å²) >= 11 is 0. The van der Waals surface area contributed by atoms with Crippen molar-refractivity contribution >= 4 is 16.7 Å². The second kappa shape index (κ2) is 6.34. The van der Waals surface area contributed by atoms with Gasteiger partial charge in [0, 0.05) is 0 Å². The van der Waals surface area contributed by atoms with Gasteiger partial charge in [-0.2, -0.15) is 0 Å². The zero-order valence-corrected chi connectivity index (χ0v) is 11.0. The van der Waals surface area contributed by atoms with Gasteiger partial charge < -0.3 is 9.84 Å². The number of rotatable bonds is 5. The van der Waals surface area contributed by atoms with Crippen LogP contribution in [0.5, 0.6) is 0 Å². The molecule has 0 aromatic heterocycles. The summed E-state index contributed by atoms with van der Waals surface area (Å²) in [5, 5.41) is 12.1. The van der Waals surface area contributed by atoms with E-state index in [2.05, 4.69) is 35.1 Å². The normalized spacial score (nSPS) is 12.3. The molecule has 2 rings (SSSR count). The van der Waals surface area contributed by atoms with Gasteiger partial charge in [-0.05, 0) is 29.2 Å². The molecule has 0 aliphatic carbocycles. The molecule has 0 aliphatic heterocycles. The first-order chi connectivity index (χ1) is 9.19. The zero-order chi connectivity index (χ0) is 13.7. The Morgan fingerprint density at radius 3 is 2.68 bits per heavy atom. The molecule has 0 fully saturated rings. The number of methoxy groups -OCH3 is 1. The summed E-state index contributed by atoms with van der Waals surface area (Å²) in [6.45, 7) is 0. The van der Waals surface area contributed by atoms with Crippen molar-refractivity contribution in [1.82, 2.24) is 0 Å². The fraction of sp³-hybridized carbons (Fsp3) is 0.312. The molecule has 0 bridgehead atoms. The first kappa shape index (κ1) is 13.6. The standard InChI is InChI=1S/C16H18O3/c1-19-16(18)11-15(17)9-7-12-6-8-13-4-2-3-5-14(13)10-12/h2-6,8,10,15,17H,7,9,11H2,1H3/t15-/m0/s1. The molecular formula is C16H18O3. The Labute approximate surface area is 112 Å². The highest BCUT2D eigenvalue weighted by molar-refractivity contribution is 5.82. The minimum absolute atomic E-state index is 0.0596. The number of fused-ring (bicyclic) bond motifs is 1. The fourth-order valence-electron chi connectivity index (χ4n) is 2.11. The minimum Gasteiger partial charge on any atom is -0.469 e. The maximum absolute atomic E-state index is 11.0. The molecule has 100 valence electrons. The molecular weight excluding hydrogens is 240 g/mol. The molecule has 0 radical (unpaired) electrons. The van der Waals surface area contributed by atoms with E-state index in [1.165, 1.54) is 23.4 Å². The van der Waals surface area contributed by atoms with Gasteiger partial charge in [0.2, 0.25) is 0 Å². The lowest BCUT2D eigenvalue weighted by molar-refractivity contribution is -0.142. The molecule has 3 nitrogen and oxygen atoms in total. The molecule has 0 saturated carbocycles. The predicted molar refractivity (Wildman–Crippen MR) is 74.9 cm³/mol. The average Bonchev–Trinajstić information content (AvgIpc) is 2.44. The molecule has 0 spiro atoms. The van der Waals surface area contributed by atoms with E-state index < -0.39 is 6.10 Å². The number of hydrogen-bond acceptors (Lipinski definition) is 3. The van der Waals surface area contributed by atoms with Gasteiger partial charge in [0.15, 0.2) is 0 Å². The number of aryl methyl sites for hydroxylation is 1. The van der Waals surface area contributed by atoms with E-state index in [9.17, 15) is 9.90 Å². The van der Waals surface area contributed by atoms with Gasteiger partial charge in [0.05, 0.1) is 19.6 Å². The molecule has 0 aliphatic rings. The van der Waals surface area contributed by atoms with Crippen LogP contribution in [0.25, 0.3) is 10.8 Å². The summed E-state index contributed by atoms with van der Waals surface area (Å²) in [6, 6.07) is 14.4. The fourth-order valence-corrected chi connectivity index (χ4v) is 2.11. The maximum atomic E-state index is 11.0. The number of aliphatic hydroxyl groups excluding tert-OH is 1. The van der Waals surface area contributed by atoms with E-state index in [4.69, 9.17) is 0 Å². The molecule has 2 aromatic rings. The van der Waals surface area contributed by atoms with Crippen LogP contribution in [0.1, 0.15) is 18.4 Å². The highest BCUT2D eigenvalue weighted by atomic mass is 16.5. The van der Waals surface area contributed by atoms with Crippen LogP contribution < -0.4 is 0 Å². The van der Waals surface area contributed by atoms with Gasteiger partial charge >= 0.3 is 5.97 Å². The van der Waals surface area contributed by atoms with Crippen LogP contribution in [0.4, 0.5) is 0 Å². The Balaban J connectivity index is 1.96. The van der Waals surface area contributed by atoms with Crippen molar-refractivity contribution in [1.29, 1.82) is 0 Å². The first-order valence-corrected chi connectivity index (χ1v) is 6.41. The van der Waals surface area contributed by atoms with Gasteiger partial charge in [-0.25, -0.2) is 0 Å². The van der Waals surface area contributed by atoms with Crippen molar-refractivity contribution in [3.8, 4) is 0 Å². The van der Waals surface area contributed by atoms with E-state index >= 15 is 0 Å². The Bertz CT molecular complexity index is 563. The van der Waals surface area contributed by atoms with E-state index in [1.54, 1.807) is 0 Å². The highest BCUT2D eigenvalue weighted by Crippen LogP contribution is 2.17. The number of carbonyl (C=O) groups is 1. The number of esters is 1. The number of benzene rings is 2. The number of carbonyl (C=O) groups excluding carboxylic acids is 1. The van der Waals surface area contributed by atoms with E-state index in [-0.39, 0.29) is 12.4 Å². The van der Waals surface area contributed by atoms with Crippen LogP contribution in [-0.2, 0) is 16.0 Å². The van der Waals surface area contributed by atoms with Gasteiger partial charge in [0.1, 0.15) is 0 Å². The third kappa shape index (κ3) is 3.80. The minimum atomic E-state index is -0.640. The van der Waals surface area contributed by atoms with E-state index in [0.717, 1.165) is 6.42 Å². The van der Waals surface area contributed by atoms with Gasteiger partial charge in [-0.3, -0.25) is 4.79 Å². The Hall–Kier alpha value is -1.87. The van der Waals surface area contributed by atoms with Crippen molar-refractivity contribution < 1.29 is 14.6 Å². The first-order valence-electron chi connectivity index (χ1n) is 6.41. The third-order valence-electron chi connectivity index (χ3n) is 3.21. The molecule has 0 saturated heterocycles. The lowest BCUT2D eigenvalue weighted by atomic mass is 10.0. The lowest BCUT2D eigenvalue weighted by Crippen LogP contribution is -2.15.